The van der Waals surface area contributed by atoms with Gasteiger partial charge >= 0.3 is 0 Å². The lowest BCUT2D eigenvalue weighted by Crippen LogP contribution is -2.43. The van der Waals surface area contributed by atoms with Crippen LogP contribution in [0.15, 0.2) is 66.9 Å². The van der Waals surface area contributed by atoms with Gasteiger partial charge in [-0.25, -0.2) is 9.37 Å². The summed E-state index contributed by atoms with van der Waals surface area (Å²) in [6.07, 6.45) is 2.96. The molecule has 7 nitrogen and oxygen atoms in total. The number of likely N-dealkylation sites (tertiary alicyclic amines) is 1. The van der Waals surface area contributed by atoms with Gasteiger partial charge in [0.15, 0.2) is 10.9 Å². The third kappa shape index (κ3) is 6.78. The maximum absolute atomic E-state index is 13.5. The van der Waals surface area contributed by atoms with E-state index in [2.05, 4.69) is 15.2 Å². The first kappa shape index (κ1) is 26.4. The van der Waals surface area contributed by atoms with Gasteiger partial charge in [0, 0.05) is 48.9 Å². The van der Waals surface area contributed by atoms with Crippen molar-refractivity contribution in [2.24, 2.45) is 5.92 Å². The number of hydrogen-bond acceptors (Lipinski definition) is 5. The Balaban J connectivity index is 1.41. The highest BCUT2D eigenvalue weighted by Crippen LogP contribution is 2.26. The molecule has 0 unspecified atom stereocenters. The maximum Gasteiger partial charge on any atom is 0.258 e. The number of hydrogen-bond donors (Lipinski definition) is 1. The number of halogens is 2. The first-order valence-corrected chi connectivity index (χ1v) is 12.5. The van der Waals surface area contributed by atoms with E-state index in [1.54, 1.807) is 47.5 Å². The molecule has 0 bridgehead atoms. The lowest BCUT2D eigenvalue weighted by atomic mass is 9.89. The number of rotatable bonds is 8. The van der Waals surface area contributed by atoms with Crippen molar-refractivity contribution in [3.63, 3.8) is 0 Å². The molecule has 1 aliphatic rings. The molecule has 1 saturated heterocycles. The van der Waals surface area contributed by atoms with Crippen LogP contribution in [0, 0.1) is 11.7 Å². The molecule has 4 rings (SSSR count). The van der Waals surface area contributed by atoms with E-state index in [0.717, 1.165) is 0 Å². The average Bonchev–Trinajstić information content (AvgIpc) is 2.90. The second-order valence-corrected chi connectivity index (χ2v) is 9.37. The van der Waals surface area contributed by atoms with Gasteiger partial charge in [0.2, 0.25) is 5.91 Å². The molecule has 0 spiro atoms. The SMILES string of the molecule is CC(=O)Nc1ccc(C(=O)N(CCN2CCC(C(=O)c3ccc(F)cc3)CC2)c2cccnc2Cl)cc1. The van der Waals surface area contributed by atoms with Crippen LogP contribution in [0.4, 0.5) is 15.8 Å². The van der Waals surface area contributed by atoms with Crippen molar-refractivity contribution in [1.29, 1.82) is 0 Å². The second-order valence-electron chi connectivity index (χ2n) is 9.02. The van der Waals surface area contributed by atoms with Crippen LogP contribution in [-0.4, -0.2) is 53.7 Å². The lowest BCUT2D eigenvalue weighted by Gasteiger charge is -2.33. The molecule has 1 aromatic heterocycles. The largest absolute Gasteiger partial charge is 0.326 e. The van der Waals surface area contributed by atoms with Crippen molar-refractivity contribution >= 4 is 40.6 Å². The predicted molar refractivity (Wildman–Crippen MR) is 142 cm³/mol. The van der Waals surface area contributed by atoms with Crippen molar-refractivity contribution in [1.82, 2.24) is 9.88 Å². The Hall–Kier alpha value is -3.62. The number of pyridine rings is 1. The number of benzene rings is 2. The van der Waals surface area contributed by atoms with Gasteiger partial charge in [0.05, 0.1) is 5.69 Å². The summed E-state index contributed by atoms with van der Waals surface area (Å²) in [5.41, 5.74) is 2.11. The molecule has 0 atom stereocenters. The van der Waals surface area contributed by atoms with E-state index in [1.165, 1.54) is 31.2 Å². The molecule has 1 aliphatic heterocycles. The van der Waals surface area contributed by atoms with Crippen LogP contribution in [-0.2, 0) is 4.79 Å². The summed E-state index contributed by atoms with van der Waals surface area (Å²) >= 11 is 6.35. The Bertz CT molecular complexity index is 1260. The second kappa shape index (κ2) is 12.1. The summed E-state index contributed by atoms with van der Waals surface area (Å²) in [5.74, 6) is -0.838. The number of carbonyl (C=O) groups is 3. The zero-order valence-electron chi connectivity index (χ0n) is 20.5. The number of carbonyl (C=O) groups excluding carboxylic acids is 3. The smallest absolute Gasteiger partial charge is 0.258 e. The highest BCUT2D eigenvalue weighted by molar-refractivity contribution is 6.32. The fourth-order valence-electron chi connectivity index (χ4n) is 4.48. The minimum atomic E-state index is -0.358. The molecule has 0 radical (unpaired) electrons. The molecule has 2 heterocycles. The monoisotopic (exact) mass is 522 g/mol. The van der Waals surface area contributed by atoms with Gasteiger partial charge in [-0.2, -0.15) is 0 Å². The van der Waals surface area contributed by atoms with E-state index in [4.69, 9.17) is 11.6 Å². The first-order valence-electron chi connectivity index (χ1n) is 12.1. The summed E-state index contributed by atoms with van der Waals surface area (Å²) in [6.45, 7) is 3.83. The zero-order valence-corrected chi connectivity index (χ0v) is 21.2. The highest BCUT2D eigenvalue weighted by Gasteiger charge is 2.27. The molecule has 2 amide bonds. The molecule has 1 fully saturated rings. The van der Waals surface area contributed by atoms with Crippen molar-refractivity contribution in [3.8, 4) is 0 Å². The third-order valence-electron chi connectivity index (χ3n) is 6.45. The standard InChI is InChI=1S/C28H28ClFN4O3/c1-19(35)32-24-10-6-22(7-11-24)28(37)34(25-3-2-14-31-27(25)29)18-17-33-15-12-21(13-16-33)26(36)20-4-8-23(30)9-5-20/h2-11,14,21H,12-13,15-18H2,1H3,(H,32,35). The summed E-state index contributed by atoms with van der Waals surface area (Å²) in [4.78, 5) is 45.5. The molecule has 37 heavy (non-hydrogen) atoms. The summed E-state index contributed by atoms with van der Waals surface area (Å²) < 4.78 is 13.2. The summed E-state index contributed by atoms with van der Waals surface area (Å²) in [7, 11) is 0. The number of nitrogens with one attached hydrogen (secondary N) is 1. The normalized spacial score (nSPS) is 14.2. The van der Waals surface area contributed by atoms with Crippen LogP contribution in [0.5, 0.6) is 0 Å². The summed E-state index contributed by atoms with van der Waals surface area (Å²) in [6, 6.07) is 15.9. The fraction of sp³-hybridized carbons (Fsp3) is 0.286. The van der Waals surface area contributed by atoms with E-state index in [-0.39, 0.29) is 34.5 Å². The van der Waals surface area contributed by atoms with Gasteiger partial charge in [0.1, 0.15) is 5.82 Å². The maximum atomic E-state index is 13.5. The number of piperidine rings is 1. The molecule has 192 valence electrons. The third-order valence-corrected chi connectivity index (χ3v) is 6.75. The number of aromatic nitrogens is 1. The van der Waals surface area contributed by atoms with Crippen molar-refractivity contribution < 1.29 is 18.8 Å². The van der Waals surface area contributed by atoms with Crippen LogP contribution in [0.25, 0.3) is 0 Å². The molecule has 1 N–H and O–H groups in total. The van der Waals surface area contributed by atoms with Crippen LogP contribution >= 0.6 is 11.6 Å². The Morgan fingerprint density at radius 1 is 1.03 bits per heavy atom. The number of anilines is 2. The van der Waals surface area contributed by atoms with Gasteiger partial charge in [0.25, 0.3) is 5.91 Å². The molecule has 3 aromatic rings. The number of Topliss-reactive ketones (excluding diaryl/α,β-unsaturated/α-hetero) is 1. The molecular formula is C28H28ClFN4O3. The molecule has 2 aromatic carbocycles. The minimum absolute atomic E-state index is 0.0429. The fourth-order valence-corrected chi connectivity index (χ4v) is 4.70. The molecule has 0 aliphatic carbocycles. The van der Waals surface area contributed by atoms with Gasteiger partial charge in [-0.1, -0.05) is 11.6 Å². The number of nitrogens with zero attached hydrogens (tertiary/aromatic N) is 3. The average molecular weight is 523 g/mol. The Labute approximate surface area is 220 Å². The van der Waals surface area contributed by atoms with E-state index in [1.807, 2.05) is 0 Å². The Morgan fingerprint density at radius 3 is 2.30 bits per heavy atom. The van der Waals surface area contributed by atoms with Crippen molar-refractivity contribution in [3.05, 3.63) is 89.0 Å². The van der Waals surface area contributed by atoms with Gasteiger partial charge in [-0.05, 0) is 86.6 Å². The van der Waals surface area contributed by atoms with Crippen LogP contribution < -0.4 is 10.2 Å². The van der Waals surface area contributed by atoms with Gasteiger partial charge < -0.3 is 15.1 Å². The van der Waals surface area contributed by atoms with Gasteiger partial charge in [-0.3, -0.25) is 14.4 Å². The molecule has 0 saturated carbocycles. The Morgan fingerprint density at radius 2 is 1.68 bits per heavy atom. The van der Waals surface area contributed by atoms with Crippen molar-refractivity contribution in [2.75, 3.05) is 36.4 Å². The number of ketones is 1. The molecule has 9 heteroatoms. The number of amides is 2. The van der Waals surface area contributed by atoms with Crippen molar-refractivity contribution in [2.45, 2.75) is 19.8 Å². The van der Waals surface area contributed by atoms with E-state index < -0.39 is 0 Å². The Kier molecular flexibility index (Phi) is 8.63. The lowest BCUT2D eigenvalue weighted by molar-refractivity contribution is -0.114. The predicted octanol–water partition coefficient (Wildman–Crippen LogP) is 5.07. The van der Waals surface area contributed by atoms with Crippen LogP contribution in [0.1, 0.15) is 40.5 Å². The van der Waals surface area contributed by atoms with E-state index in [0.29, 0.717) is 61.5 Å². The van der Waals surface area contributed by atoms with E-state index >= 15 is 0 Å². The van der Waals surface area contributed by atoms with E-state index in [9.17, 15) is 18.8 Å². The quantitative estimate of drug-likeness (QED) is 0.330. The molecular weight excluding hydrogens is 495 g/mol. The van der Waals surface area contributed by atoms with Crippen LogP contribution in [0.3, 0.4) is 0 Å². The zero-order chi connectivity index (χ0) is 26.4. The van der Waals surface area contributed by atoms with Gasteiger partial charge in [-0.15, -0.1) is 0 Å². The highest BCUT2D eigenvalue weighted by atomic mass is 35.5. The van der Waals surface area contributed by atoms with Crippen LogP contribution in [0.2, 0.25) is 5.15 Å². The minimum Gasteiger partial charge on any atom is -0.326 e. The summed E-state index contributed by atoms with van der Waals surface area (Å²) in [5, 5.41) is 2.92. The topological polar surface area (TPSA) is 82.6 Å². The first-order chi connectivity index (χ1) is 17.8.